The van der Waals surface area contributed by atoms with E-state index in [1.165, 1.54) is 29.0 Å². The number of hydrogen-bond donors (Lipinski definition) is 1. The third-order valence-electron chi connectivity index (χ3n) is 4.53. The van der Waals surface area contributed by atoms with Gasteiger partial charge in [-0.2, -0.15) is 0 Å². The van der Waals surface area contributed by atoms with Crippen molar-refractivity contribution in [2.24, 2.45) is 0 Å². The summed E-state index contributed by atoms with van der Waals surface area (Å²) in [6, 6.07) is 13.9. The molecular weight excluding hydrogens is 390 g/mol. The Morgan fingerprint density at radius 1 is 1.28 bits per heavy atom. The number of anilines is 1. The third-order valence-corrected chi connectivity index (χ3v) is 5.29. The average molecular weight is 411 g/mol. The lowest BCUT2D eigenvalue weighted by molar-refractivity contribution is -0.384. The number of benzene rings is 2. The van der Waals surface area contributed by atoms with Crippen molar-refractivity contribution in [2.45, 2.75) is 26.2 Å². The van der Waals surface area contributed by atoms with Crippen molar-refractivity contribution < 1.29 is 14.5 Å². The smallest absolute Gasteiger partial charge is 0.270 e. The van der Waals surface area contributed by atoms with Gasteiger partial charge in [0, 0.05) is 23.1 Å². The summed E-state index contributed by atoms with van der Waals surface area (Å²) in [6.07, 6.45) is 1.06. The monoisotopic (exact) mass is 411 g/mol. The van der Waals surface area contributed by atoms with Crippen molar-refractivity contribution >= 4 is 28.1 Å². The number of carbonyl (C=O) groups is 1. The molecule has 0 spiro atoms. The first kappa shape index (κ1) is 20.5. The molecule has 1 heterocycles. The Morgan fingerprint density at radius 3 is 2.72 bits per heavy atom. The first-order valence-electron chi connectivity index (χ1n) is 9.19. The fourth-order valence-corrected chi connectivity index (χ4v) is 3.41. The molecule has 0 saturated carbocycles. The molecule has 1 atom stereocenters. The molecule has 3 aromatic rings. The highest BCUT2D eigenvalue weighted by molar-refractivity contribution is 7.14. The van der Waals surface area contributed by atoms with Gasteiger partial charge in [0.05, 0.1) is 10.6 Å². The number of nitro benzene ring substituents is 1. The van der Waals surface area contributed by atoms with Gasteiger partial charge in [-0.15, -0.1) is 11.3 Å². The molecule has 29 heavy (non-hydrogen) atoms. The van der Waals surface area contributed by atoms with Crippen molar-refractivity contribution in [1.29, 1.82) is 0 Å². The van der Waals surface area contributed by atoms with Crippen LogP contribution in [0.15, 0.2) is 53.9 Å². The Kier molecular flexibility index (Phi) is 6.56. The lowest BCUT2D eigenvalue weighted by Crippen LogP contribution is -2.20. The van der Waals surface area contributed by atoms with E-state index < -0.39 is 4.92 Å². The van der Waals surface area contributed by atoms with Crippen LogP contribution in [0.2, 0.25) is 0 Å². The van der Waals surface area contributed by atoms with E-state index in [2.05, 4.69) is 24.1 Å². The summed E-state index contributed by atoms with van der Waals surface area (Å²) in [5.41, 5.74) is 2.42. The fraction of sp³-hybridized carbons (Fsp3) is 0.238. The van der Waals surface area contributed by atoms with E-state index in [-0.39, 0.29) is 18.2 Å². The van der Waals surface area contributed by atoms with E-state index in [0.717, 1.165) is 6.42 Å². The lowest BCUT2D eigenvalue weighted by atomic mass is 9.99. The first-order chi connectivity index (χ1) is 14.0. The zero-order valence-corrected chi connectivity index (χ0v) is 16.9. The Morgan fingerprint density at radius 2 is 2.03 bits per heavy atom. The van der Waals surface area contributed by atoms with Crippen LogP contribution in [-0.2, 0) is 4.79 Å². The van der Waals surface area contributed by atoms with Crippen LogP contribution in [0.25, 0.3) is 11.3 Å². The summed E-state index contributed by atoms with van der Waals surface area (Å²) in [4.78, 5) is 26.9. The number of aromatic nitrogens is 1. The van der Waals surface area contributed by atoms with E-state index in [1.54, 1.807) is 17.5 Å². The molecule has 0 bridgehead atoms. The van der Waals surface area contributed by atoms with Crippen molar-refractivity contribution in [2.75, 3.05) is 11.9 Å². The van der Waals surface area contributed by atoms with Crippen LogP contribution in [0.5, 0.6) is 5.75 Å². The molecule has 8 heteroatoms. The number of nitro groups is 1. The lowest BCUT2D eigenvalue weighted by Gasteiger charge is -2.10. The minimum Gasteiger partial charge on any atom is -0.484 e. The van der Waals surface area contributed by atoms with Gasteiger partial charge in [0.2, 0.25) is 0 Å². The van der Waals surface area contributed by atoms with Gasteiger partial charge < -0.3 is 4.74 Å². The summed E-state index contributed by atoms with van der Waals surface area (Å²) in [7, 11) is 0. The molecule has 1 N–H and O–H groups in total. The third kappa shape index (κ3) is 5.39. The second kappa shape index (κ2) is 9.29. The van der Waals surface area contributed by atoms with Crippen molar-refractivity contribution in [3.8, 4) is 17.0 Å². The van der Waals surface area contributed by atoms with Crippen LogP contribution < -0.4 is 10.1 Å². The standard InChI is InChI=1S/C21H21N3O4S/c1-3-14(2)15-7-9-18(10-8-15)28-12-20(25)23-21-22-19(13-29-21)16-5-4-6-17(11-16)24(26)27/h4-11,13-14H,3,12H2,1-2H3,(H,22,23,25)/t14-/m1/s1. The van der Waals surface area contributed by atoms with E-state index >= 15 is 0 Å². The predicted octanol–water partition coefficient (Wildman–Crippen LogP) is 5.25. The minimum absolute atomic E-state index is 0.00571. The van der Waals surface area contributed by atoms with Gasteiger partial charge in [-0.1, -0.05) is 38.1 Å². The first-order valence-corrected chi connectivity index (χ1v) is 10.1. The maximum Gasteiger partial charge on any atom is 0.270 e. The molecule has 150 valence electrons. The van der Waals surface area contributed by atoms with E-state index in [4.69, 9.17) is 4.74 Å². The molecule has 0 radical (unpaired) electrons. The van der Waals surface area contributed by atoms with Gasteiger partial charge in [0.15, 0.2) is 11.7 Å². The molecule has 3 rings (SSSR count). The second-order valence-electron chi connectivity index (χ2n) is 6.56. The molecule has 1 amide bonds. The van der Waals surface area contributed by atoms with Gasteiger partial charge in [-0.05, 0) is 30.0 Å². The van der Waals surface area contributed by atoms with E-state index in [9.17, 15) is 14.9 Å². The Labute approximate surface area is 172 Å². The zero-order valence-electron chi connectivity index (χ0n) is 16.1. The highest BCUT2D eigenvalue weighted by atomic mass is 32.1. The second-order valence-corrected chi connectivity index (χ2v) is 7.42. The van der Waals surface area contributed by atoms with E-state index in [1.807, 2.05) is 24.3 Å². The zero-order chi connectivity index (χ0) is 20.8. The van der Waals surface area contributed by atoms with Crippen LogP contribution in [-0.4, -0.2) is 22.4 Å². The molecule has 0 aliphatic rings. The van der Waals surface area contributed by atoms with Gasteiger partial charge in [-0.25, -0.2) is 4.98 Å². The van der Waals surface area contributed by atoms with Gasteiger partial charge in [0.1, 0.15) is 5.75 Å². The predicted molar refractivity (Wildman–Crippen MR) is 113 cm³/mol. The fourth-order valence-electron chi connectivity index (χ4n) is 2.68. The van der Waals surface area contributed by atoms with Crippen LogP contribution in [0, 0.1) is 10.1 Å². The number of amides is 1. The summed E-state index contributed by atoms with van der Waals surface area (Å²) < 4.78 is 5.53. The van der Waals surface area contributed by atoms with Crippen LogP contribution in [0.4, 0.5) is 10.8 Å². The number of hydrogen-bond acceptors (Lipinski definition) is 6. The molecule has 2 aromatic carbocycles. The highest BCUT2D eigenvalue weighted by Crippen LogP contribution is 2.27. The normalized spacial score (nSPS) is 11.7. The Balaban J connectivity index is 1.56. The van der Waals surface area contributed by atoms with Crippen molar-refractivity contribution in [3.63, 3.8) is 0 Å². The molecule has 7 nitrogen and oxygen atoms in total. The maximum absolute atomic E-state index is 12.1. The van der Waals surface area contributed by atoms with E-state index in [0.29, 0.717) is 28.1 Å². The molecule has 0 unspecified atom stereocenters. The van der Waals surface area contributed by atoms with Crippen LogP contribution in [0.1, 0.15) is 31.7 Å². The number of nitrogens with zero attached hydrogens (tertiary/aromatic N) is 2. The maximum atomic E-state index is 12.1. The number of carbonyl (C=O) groups excluding carboxylic acids is 1. The molecular formula is C21H21N3O4S. The number of non-ortho nitro benzene ring substituents is 1. The SMILES string of the molecule is CC[C@@H](C)c1ccc(OCC(=O)Nc2nc(-c3cccc([N+](=O)[O-])c3)cs2)cc1. The van der Waals surface area contributed by atoms with Gasteiger partial charge in [-0.3, -0.25) is 20.2 Å². The summed E-state index contributed by atoms with van der Waals surface area (Å²) in [5, 5.41) is 15.7. The molecule has 1 aromatic heterocycles. The largest absolute Gasteiger partial charge is 0.484 e. The van der Waals surface area contributed by atoms with Gasteiger partial charge >= 0.3 is 0 Å². The molecule has 0 fully saturated rings. The Bertz CT molecular complexity index is 1000. The average Bonchev–Trinajstić information content (AvgIpc) is 3.20. The number of nitrogens with one attached hydrogen (secondary N) is 1. The van der Waals surface area contributed by atoms with Gasteiger partial charge in [0.25, 0.3) is 11.6 Å². The van der Waals surface area contributed by atoms with Crippen molar-refractivity contribution in [3.05, 3.63) is 69.6 Å². The summed E-state index contributed by atoms with van der Waals surface area (Å²) >= 11 is 1.25. The van der Waals surface area contributed by atoms with Crippen molar-refractivity contribution in [1.82, 2.24) is 4.98 Å². The molecule has 0 aliphatic carbocycles. The highest BCUT2D eigenvalue weighted by Gasteiger charge is 2.12. The number of ether oxygens (including phenoxy) is 1. The van der Waals surface area contributed by atoms with Crippen LogP contribution >= 0.6 is 11.3 Å². The topological polar surface area (TPSA) is 94.4 Å². The Hall–Kier alpha value is -3.26. The minimum atomic E-state index is -0.453. The summed E-state index contributed by atoms with van der Waals surface area (Å²) in [6.45, 7) is 4.18. The summed E-state index contributed by atoms with van der Waals surface area (Å²) in [5.74, 6) is 0.789. The number of thiazole rings is 1. The quantitative estimate of drug-likeness (QED) is 0.403. The molecule has 0 aliphatic heterocycles. The number of rotatable bonds is 8. The van der Waals surface area contributed by atoms with Crippen LogP contribution in [0.3, 0.4) is 0 Å². The molecule has 0 saturated heterocycles.